The van der Waals surface area contributed by atoms with Gasteiger partial charge in [-0.3, -0.25) is 14.4 Å². The third-order valence-corrected chi connectivity index (χ3v) is 9.81. The summed E-state index contributed by atoms with van der Waals surface area (Å²) < 4.78 is 0. The molecule has 0 radical (unpaired) electrons. The molecule has 6 nitrogen and oxygen atoms in total. The van der Waals surface area contributed by atoms with Crippen molar-refractivity contribution in [3.05, 3.63) is 35.9 Å². The molecule has 6 heteroatoms. The van der Waals surface area contributed by atoms with E-state index >= 15 is 0 Å². The Kier molecular flexibility index (Phi) is 11.0. The van der Waals surface area contributed by atoms with Crippen LogP contribution in [0.3, 0.4) is 0 Å². The van der Waals surface area contributed by atoms with E-state index in [1.807, 2.05) is 0 Å². The van der Waals surface area contributed by atoms with Gasteiger partial charge in [0.25, 0.3) is 0 Å². The molecule has 1 aromatic carbocycles. The van der Waals surface area contributed by atoms with E-state index in [1.165, 1.54) is 24.8 Å². The van der Waals surface area contributed by atoms with Gasteiger partial charge < -0.3 is 16.0 Å². The van der Waals surface area contributed by atoms with Crippen molar-refractivity contribution < 1.29 is 14.4 Å². The molecule has 39 heavy (non-hydrogen) atoms. The van der Waals surface area contributed by atoms with E-state index in [2.05, 4.69) is 56.4 Å². The first-order valence-corrected chi connectivity index (χ1v) is 15.4. The van der Waals surface area contributed by atoms with Crippen LogP contribution in [0, 0.1) is 23.7 Å². The molecule has 3 rings (SSSR count). The van der Waals surface area contributed by atoms with Crippen LogP contribution < -0.4 is 11.1 Å². The van der Waals surface area contributed by atoms with E-state index in [1.54, 1.807) is 18.7 Å². The van der Waals surface area contributed by atoms with Crippen LogP contribution in [-0.2, 0) is 19.8 Å². The lowest BCUT2D eigenvalue weighted by atomic mass is 9.67. The second-order valence-corrected chi connectivity index (χ2v) is 13.2. The number of rotatable bonds is 10. The van der Waals surface area contributed by atoms with Crippen molar-refractivity contribution in [2.75, 3.05) is 13.1 Å². The van der Waals surface area contributed by atoms with Crippen LogP contribution in [0.1, 0.15) is 111 Å². The number of benzene rings is 1. The van der Waals surface area contributed by atoms with Gasteiger partial charge in [0.05, 0.1) is 6.54 Å². The van der Waals surface area contributed by atoms with Crippen molar-refractivity contribution in [1.29, 1.82) is 0 Å². The van der Waals surface area contributed by atoms with Gasteiger partial charge >= 0.3 is 0 Å². The summed E-state index contributed by atoms with van der Waals surface area (Å²) in [5, 5.41) is 2.74. The predicted octanol–water partition coefficient (Wildman–Crippen LogP) is 5.98. The number of primary amides is 1. The molecule has 2 fully saturated rings. The Morgan fingerprint density at radius 1 is 1.10 bits per heavy atom. The molecule has 2 aliphatic rings. The van der Waals surface area contributed by atoms with Crippen molar-refractivity contribution >= 4 is 17.7 Å². The lowest BCUT2D eigenvalue weighted by Gasteiger charge is -2.38. The van der Waals surface area contributed by atoms with Gasteiger partial charge in [0, 0.05) is 12.5 Å². The topological polar surface area (TPSA) is 92.5 Å². The van der Waals surface area contributed by atoms with Crippen LogP contribution in [0.5, 0.6) is 0 Å². The molecule has 3 unspecified atom stereocenters. The number of nitrogens with one attached hydrogen (secondary N) is 1. The zero-order chi connectivity index (χ0) is 28.6. The first-order valence-electron chi connectivity index (χ1n) is 15.4. The Labute approximate surface area is 236 Å². The quantitative estimate of drug-likeness (QED) is 0.383. The molecule has 1 heterocycles. The van der Waals surface area contributed by atoms with Crippen molar-refractivity contribution in [2.24, 2.45) is 29.4 Å². The highest BCUT2D eigenvalue weighted by molar-refractivity contribution is 5.92. The van der Waals surface area contributed by atoms with Gasteiger partial charge in [-0.15, -0.1) is 0 Å². The molecule has 1 saturated carbocycles. The highest BCUT2D eigenvalue weighted by Crippen LogP contribution is 2.44. The number of nitrogens with two attached hydrogens (primary N) is 1. The second kappa shape index (κ2) is 13.8. The molecule has 0 spiro atoms. The first kappa shape index (κ1) is 31.2. The number of carbonyl (C=O) groups is 3. The fraction of sp³-hybridized carbons (Fsp3) is 0.727. The van der Waals surface area contributed by atoms with Gasteiger partial charge in [-0.1, -0.05) is 83.2 Å². The lowest BCUT2D eigenvalue weighted by molar-refractivity contribution is -0.141. The highest BCUT2D eigenvalue weighted by Gasteiger charge is 2.37. The minimum atomic E-state index is -1.16. The summed E-state index contributed by atoms with van der Waals surface area (Å²) >= 11 is 0. The predicted molar refractivity (Wildman–Crippen MR) is 158 cm³/mol. The summed E-state index contributed by atoms with van der Waals surface area (Å²) in [7, 11) is 0. The van der Waals surface area contributed by atoms with Crippen molar-refractivity contribution in [2.45, 2.75) is 116 Å². The standard InChI is InChI=1S/C33H53N3O3/c1-6-24(2)22-33(28-16-8-7-9-17-28)18-11-15-27(21-26-13-10-14-26)25(3)30(38)36(20-12-19-33)23-29(37)35-32(4,5)31(34)39/h7-9,16-17,24-27H,6,10-15,18-23H2,1-5H3,(H2,34,39)(H,35,37)/t24?,25?,27?,33-/m0/s1. The molecular weight excluding hydrogens is 486 g/mol. The minimum Gasteiger partial charge on any atom is -0.368 e. The third-order valence-electron chi connectivity index (χ3n) is 9.81. The molecule has 3 N–H and O–H groups in total. The summed E-state index contributed by atoms with van der Waals surface area (Å²) in [6, 6.07) is 11.0. The molecule has 1 saturated heterocycles. The highest BCUT2D eigenvalue weighted by atomic mass is 16.2. The summed E-state index contributed by atoms with van der Waals surface area (Å²) in [5.74, 6) is 0.680. The van der Waals surface area contributed by atoms with Gasteiger partial charge in [0.15, 0.2) is 0 Å². The first-order chi connectivity index (χ1) is 18.5. The van der Waals surface area contributed by atoms with E-state index in [-0.39, 0.29) is 29.7 Å². The van der Waals surface area contributed by atoms with Crippen LogP contribution in [0.4, 0.5) is 0 Å². The van der Waals surface area contributed by atoms with Crippen LogP contribution in [0.25, 0.3) is 0 Å². The second-order valence-electron chi connectivity index (χ2n) is 13.2. The Morgan fingerprint density at radius 2 is 1.77 bits per heavy atom. The van der Waals surface area contributed by atoms with Crippen molar-refractivity contribution in [3.63, 3.8) is 0 Å². The number of hydrogen-bond acceptors (Lipinski definition) is 3. The average Bonchev–Trinajstić information content (AvgIpc) is 2.89. The summed E-state index contributed by atoms with van der Waals surface area (Å²) in [5.41, 5.74) is 5.80. The SMILES string of the molecule is CCC(C)C[C@]1(c2ccccc2)CCCC(CC2CCC2)C(C)C(=O)N(CC(=O)NC(C)(C)C(N)=O)CCC1. The van der Waals surface area contributed by atoms with E-state index in [0.29, 0.717) is 18.4 Å². The fourth-order valence-corrected chi connectivity index (χ4v) is 6.76. The molecule has 4 atom stereocenters. The van der Waals surface area contributed by atoms with E-state index in [0.717, 1.165) is 57.3 Å². The smallest absolute Gasteiger partial charge is 0.242 e. The van der Waals surface area contributed by atoms with Crippen molar-refractivity contribution in [3.8, 4) is 0 Å². The van der Waals surface area contributed by atoms with Crippen LogP contribution in [0.2, 0.25) is 0 Å². The lowest BCUT2D eigenvalue weighted by Crippen LogP contribution is -2.56. The van der Waals surface area contributed by atoms with Gasteiger partial charge in [-0.2, -0.15) is 0 Å². The number of nitrogens with zero attached hydrogens (tertiary/aromatic N) is 1. The molecule has 1 aliphatic carbocycles. The molecule has 0 aromatic heterocycles. The van der Waals surface area contributed by atoms with E-state index in [9.17, 15) is 14.4 Å². The van der Waals surface area contributed by atoms with Crippen LogP contribution in [-0.4, -0.2) is 41.2 Å². The molecule has 1 aliphatic heterocycles. The maximum atomic E-state index is 13.9. The Balaban J connectivity index is 1.90. The number of hydrogen-bond donors (Lipinski definition) is 2. The normalized spacial score (nSPS) is 26.3. The van der Waals surface area contributed by atoms with Crippen molar-refractivity contribution in [1.82, 2.24) is 10.2 Å². The Morgan fingerprint density at radius 3 is 2.36 bits per heavy atom. The average molecular weight is 540 g/mol. The number of amides is 3. The van der Waals surface area contributed by atoms with Crippen LogP contribution in [0.15, 0.2) is 30.3 Å². The Hall–Kier alpha value is -2.37. The largest absolute Gasteiger partial charge is 0.368 e. The summed E-state index contributed by atoms with van der Waals surface area (Å²) in [4.78, 5) is 40.5. The zero-order valence-electron chi connectivity index (χ0n) is 25.1. The van der Waals surface area contributed by atoms with Crippen LogP contribution >= 0.6 is 0 Å². The van der Waals surface area contributed by atoms with Gasteiger partial charge in [-0.25, -0.2) is 0 Å². The maximum Gasteiger partial charge on any atom is 0.242 e. The Bertz CT molecular complexity index is 958. The van der Waals surface area contributed by atoms with E-state index in [4.69, 9.17) is 5.73 Å². The molecule has 0 bridgehead atoms. The van der Waals surface area contributed by atoms with Gasteiger partial charge in [0.2, 0.25) is 17.7 Å². The summed E-state index contributed by atoms with van der Waals surface area (Å²) in [6.07, 6.45) is 12.4. The maximum absolute atomic E-state index is 13.9. The molecular formula is C33H53N3O3. The monoisotopic (exact) mass is 539 g/mol. The van der Waals surface area contributed by atoms with E-state index < -0.39 is 11.4 Å². The molecule has 3 amide bonds. The molecule has 1 aromatic rings. The third kappa shape index (κ3) is 8.31. The van der Waals surface area contributed by atoms with Gasteiger partial charge in [-0.05, 0) is 81.1 Å². The fourth-order valence-electron chi connectivity index (χ4n) is 6.76. The zero-order valence-corrected chi connectivity index (χ0v) is 25.1. The summed E-state index contributed by atoms with van der Waals surface area (Å²) in [6.45, 7) is 10.4. The number of carbonyl (C=O) groups excluding carboxylic acids is 3. The van der Waals surface area contributed by atoms with Gasteiger partial charge in [0.1, 0.15) is 5.54 Å². The molecule has 218 valence electrons. The minimum absolute atomic E-state index is 0.0419.